The standard InChI is InChI=1S/C17H16N2O/c1-12(2)17(20)15-11-19(13-7-9-18-10-8-13)16-6-4-3-5-14(15)16/h3-12H,1-2H3. The molecule has 3 heteroatoms. The van der Waals surface area contributed by atoms with Crippen molar-refractivity contribution in [2.45, 2.75) is 13.8 Å². The van der Waals surface area contributed by atoms with Gasteiger partial charge in [-0.25, -0.2) is 0 Å². The largest absolute Gasteiger partial charge is 0.316 e. The number of fused-ring (bicyclic) bond motifs is 1. The van der Waals surface area contributed by atoms with Crippen molar-refractivity contribution in [3.05, 3.63) is 60.6 Å². The lowest BCUT2D eigenvalue weighted by Crippen LogP contribution is -2.06. The predicted octanol–water partition coefficient (Wildman–Crippen LogP) is 3.86. The molecule has 0 atom stereocenters. The van der Waals surface area contributed by atoms with Gasteiger partial charge in [0.05, 0.1) is 5.52 Å². The number of hydrogen-bond acceptors (Lipinski definition) is 2. The van der Waals surface area contributed by atoms with Crippen LogP contribution in [0.5, 0.6) is 0 Å². The molecule has 20 heavy (non-hydrogen) atoms. The van der Waals surface area contributed by atoms with Gasteiger partial charge in [-0.2, -0.15) is 0 Å². The van der Waals surface area contributed by atoms with Gasteiger partial charge in [-0.05, 0) is 18.2 Å². The average molecular weight is 264 g/mol. The van der Waals surface area contributed by atoms with E-state index in [-0.39, 0.29) is 11.7 Å². The zero-order valence-corrected chi connectivity index (χ0v) is 11.6. The van der Waals surface area contributed by atoms with Crippen LogP contribution in [-0.4, -0.2) is 15.3 Å². The highest BCUT2D eigenvalue weighted by Gasteiger charge is 2.17. The van der Waals surface area contributed by atoms with Gasteiger partial charge in [0.1, 0.15) is 0 Å². The third-order valence-corrected chi connectivity index (χ3v) is 3.44. The smallest absolute Gasteiger partial charge is 0.167 e. The second-order valence-corrected chi connectivity index (χ2v) is 5.15. The second-order valence-electron chi connectivity index (χ2n) is 5.15. The number of ketones is 1. The normalized spacial score (nSPS) is 11.2. The lowest BCUT2D eigenvalue weighted by molar-refractivity contribution is 0.0941. The van der Waals surface area contributed by atoms with Crippen LogP contribution in [0.15, 0.2) is 55.0 Å². The fourth-order valence-corrected chi connectivity index (χ4v) is 2.41. The Bertz CT molecular complexity index is 757. The van der Waals surface area contributed by atoms with Crippen LogP contribution in [-0.2, 0) is 0 Å². The molecule has 0 aliphatic rings. The van der Waals surface area contributed by atoms with Crippen LogP contribution in [0.4, 0.5) is 0 Å². The van der Waals surface area contributed by atoms with Crippen LogP contribution in [0.1, 0.15) is 24.2 Å². The summed E-state index contributed by atoms with van der Waals surface area (Å²) in [7, 11) is 0. The highest BCUT2D eigenvalue weighted by atomic mass is 16.1. The Morgan fingerprint density at radius 1 is 1.10 bits per heavy atom. The fraction of sp³-hybridized carbons (Fsp3) is 0.176. The van der Waals surface area contributed by atoms with Gasteiger partial charge in [-0.15, -0.1) is 0 Å². The minimum Gasteiger partial charge on any atom is -0.316 e. The molecule has 0 aliphatic carbocycles. The first-order valence-corrected chi connectivity index (χ1v) is 6.73. The van der Waals surface area contributed by atoms with E-state index in [0.29, 0.717) is 0 Å². The molecule has 1 aromatic carbocycles. The quantitative estimate of drug-likeness (QED) is 0.673. The Morgan fingerprint density at radius 3 is 2.50 bits per heavy atom. The summed E-state index contributed by atoms with van der Waals surface area (Å²) < 4.78 is 2.05. The van der Waals surface area contributed by atoms with E-state index in [4.69, 9.17) is 0 Å². The topological polar surface area (TPSA) is 34.9 Å². The molecule has 0 spiro atoms. The molecule has 0 saturated carbocycles. The van der Waals surface area contributed by atoms with Crippen molar-refractivity contribution in [2.75, 3.05) is 0 Å². The van der Waals surface area contributed by atoms with Gasteiger partial charge in [-0.3, -0.25) is 9.78 Å². The number of benzene rings is 1. The highest BCUT2D eigenvalue weighted by Crippen LogP contribution is 2.26. The lowest BCUT2D eigenvalue weighted by Gasteiger charge is -2.03. The molecule has 3 nitrogen and oxygen atoms in total. The van der Waals surface area contributed by atoms with Crippen molar-refractivity contribution in [1.29, 1.82) is 0 Å². The molecular weight excluding hydrogens is 248 g/mol. The number of aromatic nitrogens is 2. The minimum atomic E-state index is -0.00769. The summed E-state index contributed by atoms with van der Waals surface area (Å²) in [6, 6.07) is 11.9. The number of hydrogen-bond donors (Lipinski definition) is 0. The number of rotatable bonds is 3. The Morgan fingerprint density at radius 2 is 1.80 bits per heavy atom. The molecule has 2 heterocycles. The van der Waals surface area contributed by atoms with Gasteiger partial charge < -0.3 is 4.57 Å². The van der Waals surface area contributed by atoms with E-state index in [2.05, 4.69) is 4.98 Å². The van der Waals surface area contributed by atoms with Crippen LogP contribution in [0.2, 0.25) is 0 Å². The SMILES string of the molecule is CC(C)C(=O)c1cn(-c2ccncc2)c2ccccc12. The summed E-state index contributed by atoms with van der Waals surface area (Å²) >= 11 is 0. The number of carbonyl (C=O) groups excluding carboxylic acids is 1. The zero-order chi connectivity index (χ0) is 14.1. The van der Waals surface area contributed by atoms with Crippen LogP contribution >= 0.6 is 0 Å². The summed E-state index contributed by atoms with van der Waals surface area (Å²) in [5.41, 5.74) is 2.84. The molecule has 0 N–H and O–H groups in total. The Hall–Kier alpha value is -2.42. The maximum absolute atomic E-state index is 12.4. The van der Waals surface area contributed by atoms with Crippen molar-refractivity contribution >= 4 is 16.7 Å². The third-order valence-electron chi connectivity index (χ3n) is 3.44. The molecule has 0 amide bonds. The first-order chi connectivity index (χ1) is 9.68. The maximum Gasteiger partial charge on any atom is 0.167 e. The molecule has 0 radical (unpaired) electrons. The lowest BCUT2D eigenvalue weighted by atomic mass is 10.0. The molecule has 100 valence electrons. The van der Waals surface area contributed by atoms with Crippen molar-refractivity contribution < 1.29 is 4.79 Å². The van der Waals surface area contributed by atoms with Crippen molar-refractivity contribution in [3.8, 4) is 5.69 Å². The monoisotopic (exact) mass is 264 g/mol. The van der Waals surface area contributed by atoms with Gasteiger partial charge in [-0.1, -0.05) is 32.0 Å². The summed E-state index contributed by atoms with van der Waals surface area (Å²) in [6.45, 7) is 3.86. The van der Waals surface area contributed by atoms with Crippen LogP contribution in [0.25, 0.3) is 16.6 Å². The van der Waals surface area contributed by atoms with Crippen LogP contribution in [0.3, 0.4) is 0 Å². The van der Waals surface area contributed by atoms with Crippen LogP contribution < -0.4 is 0 Å². The van der Waals surface area contributed by atoms with Crippen LogP contribution in [0, 0.1) is 5.92 Å². The van der Waals surface area contributed by atoms with Crippen molar-refractivity contribution in [2.24, 2.45) is 5.92 Å². The van der Waals surface area contributed by atoms with Gasteiger partial charge >= 0.3 is 0 Å². The van der Waals surface area contributed by atoms with Gasteiger partial charge in [0, 0.05) is 41.1 Å². The predicted molar refractivity (Wildman–Crippen MR) is 80.2 cm³/mol. The molecule has 0 unspecified atom stereocenters. The molecule has 0 aliphatic heterocycles. The van der Waals surface area contributed by atoms with Crippen molar-refractivity contribution in [3.63, 3.8) is 0 Å². The van der Waals surface area contributed by atoms with E-state index in [1.807, 2.05) is 61.0 Å². The Kier molecular flexibility index (Phi) is 3.11. The Labute approximate surface area is 117 Å². The van der Waals surface area contributed by atoms with Crippen molar-refractivity contribution in [1.82, 2.24) is 9.55 Å². The van der Waals surface area contributed by atoms with Gasteiger partial charge in [0.25, 0.3) is 0 Å². The summed E-state index contributed by atoms with van der Waals surface area (Å²) in [5.74, 6) is 0.167. The van der Waals surface area contributed by atoms with E-state index < -0.39 is 0 Å². The summed E-state index contributed by atoms with van der Waals surface area (Å²) in [4.78, 5) is 16.4. The number of para-hydroxylation sites is 1. The molecule has 0 bridgehead atoms. The molecule has 3 aromatic rings. The molecule has 2 aromatic heterocycles. The van der Waals surface area contributed by atoms with E-state index >= 15 is 0 Å². The van der Waals surface area contributed by atoms with E-state index in [1.54, 1.807) is 12.4 Å². The molecule has 0 fully saturated rings. The zero-order valence-electron chi connectivity index (χ0n) is 11.6. The maximum atomic E-state index is 12.4. The first kappa shape index (κ1) is 12.6. The van der Waals surface area contributed by atoms with E-state index in [9.17, 15) is 4.79 Å². The molecular formula is C17H16N2O. The van der Waals surface area contributed by atoms with Gasteiger partial charge in [0.15, 0.2) is 5.78 Å². The number of carbonyl (C=O) groups is 1. The molecule has 0 saturated heterocycles. The second kappa shape index (κ2) is 4.93. The average Bonchev–Trinajstić information content (AvgIpc) is 2.87. The third kappa shape index (κ3) is 2.01. The van der Waals surface area contributed by atoms with E-state index in [0.717, 1.165) is 22.2 Å². The first-order valence-electron chi connectivity index (χ1n) is 6.73. The highest BCUT2D eigenvalue weighted by molar-refractivity contribution is 6.09. The number of pyridine rings is 1. The number of Topliss-reactive ketones (excluding diaryl/α,β-unsaturated/α-hetero) is 1. The Balaban J connectivity index is 2.27. The van der Waals surface area contributed by atoms with Gasteiger partial charge in [0.2, 0.25) is 0 Å². The summed E-state index contributed by atoms with van der Waals surface area (Å²) in [6.07, 6.45) is 5.45. The summed E-state index contributed by atoms with van der Waals surface area (Å²) in [5, 5.41) is 1.00. The van der Waals surface area contributed by atoms with E-state index in [1.165, 1.54) is 0 Å². The fourth-order valence-electron chi connectivity index (χ4n) is 2.41. The number of nitrogens with zero attached hydrogens (tertiary/aromatic N) is 2. The molecule has 3 rings (SSSR count). The minimum absolute atomic E-state index is 0.00769.